The number of aliphatic hydroxyl groups is 1. The second-order valence-corrected chi connectivity index (χ2v) is 32.3. The number of hydrogen-bond acceptors (Lipinski definition) is 15. The van der Waals surface area contributed by atoms with Gasteiger partial charge in [-0.3, -0.25) is 37.3 Å². The number of rotatable bonds is 78. The summed E-state index contributed by atoms with van der Waals surface area (Å²) in [5.74, 6) is -0.644. The maximum atomic E-state index is 13.1. The summed E-state index contributed by atoms with van der Waals surface area (Å²) in [5.41, 5.74) is 0. The van der Waals surface area contributed by atoms with E-state index in [1.165, 1.54) is 231 Å². The minimum Gasteiger partial charge on any atom is -0.462 e. The lowest BCUT2D eigenvalue weighted by atomic mass is 10.0. The molecule has 98 heavy (non-hydrogen) atoms. The molecule has 0 fully saturated rings. The molecule has 0 saturated heterocycles. The molecule has 0 aliphatic rings. The zero-order valence-electron chi connectivity index (χ0n) is 64.1. The van der Waals surface area contributed by atoms with Crippen LogP contribution in [0, 0.1) is 11.8 Å². The Balaban J connectivity index is 5.16. The molecule has 0 heterocycles. The van der Waals surface area contributed by atoms with Gasteiger partial charge in [0.25, 0.3) is 0 Å². The Morgan fingerprint density at radius 3 is 0.694 bits per heavy atom. The van der Waals surface area contributed by atoms with Gasteiger partial charge >= 0.3 is 39.5 Å². The first-order chi connectivity index (χ1) is 47.4. The Morgan fingerprint density at radius 2 is 0.469 bits per heavy atom. The molecule has 2 unspecified atom stereocenters. The third-order valence-electron chi connectivity index (χ3n) is 18.5. The Labute approximate surface area is 600 Å². The number of phosphoric ester groups is 2. The SMILES string of the molecule is CCCCCCCCCCCCCCCCCCCCCCCCC(=O)O[C@H](COC(=O)CCCCCCCCCCCCCCCCCC(C)C)COP(=O)(O)OC[C@@H](O)COP(=O)(O)OC[C@@H](COC(=O)CCCCCCCCCCC)OC(=O)CCCCCCCCC(C)C. The van der Waals surface area contributed by atoms with Gasteiger partial charge < -0.3 is 33.8 Å². The van der Waals surface area contributed by atoms with Crippen LogP contribution in [0.1, 0.15) is 414 Å². The Bertz CT molecular complexity index is 1890. The predicted molar refractivity (Wildman–Crippen MR) is 400 cm³/mol. The number of aliphatic hydroxyl groups excluding tert-OH is 1. The molecule has 19 heteroatoms. The highest BCUT2D eigenvalue weighted by molar-refractivity contribution is 7.47. The van der Waals surface area contributed by atoms with Gasteiger partial charge in [-0.25, -0.2) is 9.13 Å². The second kappa shape index (κ2) is 70.7. The van der Waals surface area contributed by atoms with Crippen molar-refractivity contribution in [2.45, 2.75) is 432 Å². The van der Waals surface area contributed by atoms with Crippen LogP contribution in [0.15, 0.2) is 0 Å². The first kappa shape index (κ1) is 96.1. The van der Waals surface area contributed by atoms with E-state index in [9.17, 15) is 43.2 Å². The van der Waals surface area contributed by atoms with Crippen molar-refractivity contribution in [3.63, 3.8) is 0 Å². The summed E-state index contributed by atoms with van der Waals surface area (Å²) in [5, 5.41) is 10.6. The van der Waals surface area contributed by atoms with E-state index in [0.717, 1.165) is 95.8 Å². The fraction of sp³-hybridized carbons (Fsp3) is 0.949. The van der Waals surface area contributed by atoms with Crippen LogP contribution in [0.25, 0.3) is 0 Å². The summed E-state index contributed by atoms with van der Waals surface area (Å²) in [6.45, 7) is 9.53. The molecule has 3 N–H and O–H groups in total. The molecule has 0 amide bonds. The van der Waals surface area contributed by atoms with Crippen molar-refractivity contribution < 1.29 is 80.2 Å². The third-order valence-corrected chi connectivity index (χ3v) is 20.4. The normalized spacial score (nSPS) is 13.9. The van der Waals surface area contributed by atoms with Crippen LogP contribution in [0.4, 0.5) is 0 Å². The Hall–Kier alpha value is -1.94. The summed E-state index contributed by atoms with van der Waals surface area (Å²) in [6.07, 6.45) is 60.1. The largest absolute Gasteiger partial charge is 0.472 e. The number of esters is 4. The van der Waals surface area contributed by atoms with Gasteiger partial charge in [0.1, 0.15) is 19.3 Å². The van der Waals surface area contributed by atoms with E-state index in [0.29, 0.717) is 31.6 Å². The van der Waals surface area contributed by atoms with Gasteiger partial charge in [0.2, 0.25) is 0 Å². The predicted octanol–water partition coefficient (Wildman–Crippen LogP) is 23.5. The van der Waals surface area contributed by atoms with Gasteiger partial charge in [0, 0.05) is 25.7 Å². The summed E-state index contributed by atoms with van der Waals surface area (Å²) in [4.78, 5) is 72.8. The quantitative estimate of drug-likeness (QED) is 0.0222. The number of carbonyl (C=O) groups excluding carboxylic acids is 4. The van der Waals surface area contributed by atoms with E-state index in [1.54, 1.807) is 0 Å². The molecule has 0 aromatic heterocycles. The minimum atomic E-state index is -4.96. The zero-order chi connectivity index (χ0) is 72.1. The number of carbonyl (C=O) groups is 4. The fourth-order valence-electron chi connectivity index (χ4n) is 12.2. The molecule has 0 saturated carbocycles. The van der Waals surface area contributed by atoms with Crippen molar-refractivity contribution in [1.29, 1.82) is 0 Å². The van der Waals surface area contributed by atoms with Crippen molar-refractivity contribution in [1.82, 2.24) is 0 Å². The van der Waals surface area contributed by atoms with Crippen molar-refractivity contribution in [3.05, 3.63) is 0 Å². The topological polar surface area (TPSA) is 237 Å². The molecular formula is C79H154O17P2. The highest BCUT2D eigenvalue weighted by Crippen LogP contribution is 2.45. The van der Waals surface area contributed by atoms with E-state index < -0.39 is 97.5 Å². The molecule has 0 aliphatic carbocycles. The molecule has 0 bridgehead atoms. The molecule has 0 spiro atoms. The molecule has 0 aromatic rings. The molecule has 582 valence electrons. The van der Waals surface area contributed by atoms with Crippen LogP contribution in [-0.2, 0) is 65.4 Å². The van der Waals surface area contributed by atoms with E-state index in [4.69, 9.17) is 37.0 Å². The molecule has 0 radical (unpaired) electrons. The van der Waals surface area contributed by atoms with Crippen LogP contribution in [0.5, 0.6) is 0 Å². The Morgan fingerprint density at radius 1 is 0.276 bits per heavy atom. The van der Waals surface area contributed by atoms with E-state index >= 15 is 0 Å². The third kappa shape index (κ3) is 72.4. The maximum absolute atomic E-state index is 13.1. The van der Waals surface area contributed by atoms with Crippen LogP contribution in [-0.4, -0.2) is 96.7 Å². The van der Waals surface area contributed by atoms with Gasteiger partial charge in [0.15, 0.2) is 12.2 Å². The lowest BCUT2D eigenvalue weighted by Crippen LogP contribution is -2.30. The van der Waals surface area contributed by atoms with Crippen LogP contribution < -0.4 is 0 Å². The second-order valence-electron chi connectivity index (χ2n) is 29.4. The lowest BCUT2D eigenvalue weighted by molar-refractivity contribution is -0.161. The summed E-state index contributed by atoms with van der Waals surface area (Å²) < 4.78 is 68.5. The van der Waals surface area contributed by atoms with Gasteiger partial charge in [-0.2, -0.15) is 0 Å². The minimum absolute atomic E-state index is 0.102. The lowest BCUT2D eigenvalue weighted by Gasteiger charge is -2.21. The van der Waals surface area contributed by atoms with Crippen LogP contribution in [0.2, 0.25) is 0 Å². The molecule has 0 rings (SSSR count). The number of ether oxygens (including phenoxy) is 4. The van der Waals surface area contributed by atoms with Crippen molar-refractivity contribution in [2.75, 3.05) is 39.6 Å². The van der Waals surface area contributed by atoms with Gasteiger partial charge in [-0.15, -0.1) is 0 Å². The van der Waals surface area contributed by atoms with E-state index in [2.05, 4.69) is 41.5 Å². The maximum Gasteiger partial charge on any atom is 0.472 e. The molecule has 17 nitrogen and oxygen atoms in total. The van der Waals surface area contributed by atoms with Crippen molar-refractivity contribution in [2.24, 2.45) is 11.8 Å². The zero-order valence-corrected chi connectivity index (χ0v) is 65.9. The first-order valence-corrected chi connectivity index (χ1v) is 44.0. The van der Waals surface area contributed by atoms with Gasteiger partial charge in [0.05, 0.1) is 26.4 Å². The molecule has 5 atom stereocenters. The fourth-order valence-corrected chi connectivity index (χ4v) is 13.8. The molecule has 0 aromatic carbocycles. The summed E-state index contributed by atoms with van der Waals surface area (Å²) in [6, 6.07) is 0. The smallest absolute Gasteiger partial charge is 0.462 e. The summed E-state index contributed by atoms with van der Waals surface area (Å²) in [7, 11) is -9.91. The van der Waals surface area contributed by atoms with Crippen LogP contribution in [0.3, 0.4) is 0 Å². The highest BCUT2D eigenvalue weighted by Gasteiger charge is 2.30. The average Bonchev–Trinajstić information content (AvgIpc) is 1.04. The number of hydrogen-bond donors (Lipinski definition) is 3. The molecule has 0 aliphatic heterocycles. The number of phosphoric acid groups is 2. The monoisotopic (exact) mass is 1440 g/mol. The van der Waals surface area contributed by atoms with Crippen molar-refractivity contribution in [3.8, 4) is 0 Å². The average molecular weight is 1440 g/mol. The van der Waals surface area contributed by atoms with Gasteiger partial charge in [-0.05, 0) is 37.5 Å². The Kier molecular flexibility index (Phi) is 69.3. The highest BCUT2D eigenvalue weighted by atomic mass is 31.2. The van der Waals surface area contributed by atoms with E-state index in [1.807, 2.05) is 0 Å². The first-order valence-electron chi connectivity index (χ1n) is 41.0. The van der Waals surface area contributed by atoms with Crippen LogP contribution >= 0.6 is 15.6 Å². The molecular weight excluding hydrogens is 1280 g/mol. The summed E-state index contributed by atoms with van der Waals surface area (Å²) >= 11 is 0. The standard InChI is InChI=1S/C79H154O17P2/c1-7-9-11-13-15-17-18-19-20-21-22-23-24-25-26-29-33-36-40-44-51-57-63-78(83)95-74(67-90-77(82)62-56-50-43-39-35-32-30-27-28-31-34-38-41-47-53-59-71(3)4)69-93-97(85,86)91-65-73(80)66-92-98(87,88)94-70-75(96-79(84)64-58-52-46-45-48-54-60-72(5)6)68-89-76(81)61-55-49-42-37-16-14-12-10-8-2/h71-75,80H,7-70H2,1-6H3,(H,85,86)(H,87,88)/t73-,74-,75-/m1/s1. The van der Waals surface area contributed by atoms with Gasteiger partial charge in [-0.1, -0.05) is 363 Å². The van der Waals surface area contributed by atoms with Crippen molar-refractivity contribution >= 4 is 39.5 Å². The van der Waals surface area contributed by atoms with E-state index in [-0.39, 0.29) is 25.7 Å². The number of unbranched alkanes of at least 4 members (excludes halogenated alkanes) is 48.